The minimum atomic E-state index is 0.0470. The van der Waals surface area contributed by atoms with Crippen molar-refractivity contribution in [3.8, 4) is 6.07 Å². The first kappa shape index (κ1) is 15.5. The van der Waals surface area contributed by atoms with Gasteiger partial charge in [-0.2, -0.15) is 10.4 Å². The molecule has 6 heteroatoms. The summed E-state index contributed by atoms with van der Waals surface area (Å²) in [6.07, 6.45) is 7.84. The molecule has 2 aromatic heterocycles. The number of nitrogens with zero attached hydrogens (tertiary/aromatic N) is 4. The van der Waals surface area contributed by atoms with Crippen molar-refractivity contribution >= 4 is 5.82 Å². The molecule has 2 aromatic rings. The first-order chi connectivity index (χ1) is 11.3. The van der Waals surface area contributed by atoms with E-state index in [1.165, 1.54) is 0 Å². The van der Waals surface area contributed by atoms with Crippen LogP contribution >= 0.6 is 0 Å². The van der Waals surface area contributed by atoms with Crippen molar-refractivity contribution in [1.82, 2.24) is 14.8 Å². The third-order valence-corrected chi connectivity index (χ3v) is 4.21. The Morgan fingerprint density at radius 3 is 3.22 bits per heavy atom. The van der Waals surface area contributed by atoms with Crippen LogP contribution in [0.5, 0.6) is 0 Å². The molecule has 3 heterocycles. The fourth-order valence-corrected chi connectivity index (χ4v) is 2.98. The quantitative estimate of drug-likeness (QED) is 0.919. The van der Waals surface area contributed by atoms with E-state index in [1.807, 2.05) is 10.9 Å². The van der Waals surface area contributed by atoms with Gasteiger partial charge >= 0.3 is 0 Å². The third-order valence-electron chi connectivity index (χ3n) is 4.21. The molecule has 0 amide bonds. The van der Waals surface area contributed by atoms with E-state index in [9.17, 15) is 0 Å². The molecule has 1 fully saturated rings. The Morgan fingerprint density at radius 2 is 2.43 bits per heavy atom. The van der Waals surface area contributed by atoms with Gasteiger partial charge in [-0.25, -0.2) is 4.98 Å². The first-order valence-corrected chi connectivity index (χ1v) is 8.04. The van der Waals surface area contributed by atoms with Crippen molar-refractivity contribution in [3.05, 3.63) is 41.9 Å². The maximum Gasteiger partial charge on any atom is 0.143 e. The molecule has 1 aliphatic heterocycles. The van der Waals surface area contributed by atoms with Crippen molar-refractivity contribution < 1.29 is 4.74 Å². The summed E-state index contributed by atoms with van der Waals surface area (Å²) in [4.78, 5) is 4.26. The van der Waals surface area contributed by atoms with Gasteiger partial charge in [-0.15, -0.1) is 0 Å². The summed E-state index contributed by atoms with van der Waals surface area (Å²) in [7, 11) is 0. The monoisotopic (exact) mass is 311 g/mol. The number of nitrogens with one attached hydrogen (secondary N) is 1. The van der Waals surface area contributed by atoms with Crippen LogP contribution < -0.4 is 5.32 Å². The molecule has 0 bridgehead atoms. The van der Waals surface area contributed by atoms with Crippen LogP contribution in [-0.2, 0) is 11.3 Å². The Balaban J connectivity index is 1.70. The molecule has 0 unspecified atom stereocenters. The highest BCUT2D eigenvalue weighted by Crippen LogP contribution is 2.33. The molecule has 0 aromatic carbocycles. The van der Waals surface area contributed by atoms with Crippen LogP contribution in [0, 0.1) is 17.2 Å². The number of ether oxygens (including phenoxy) is 1. The van der Waals surface area contributed by atoms with Crippen LogP contribution in [0.2, 0.25) is 0 Å². The molecule has 3 rings (SSSR count). The summed E-state index contributed by atoms with van der Waals surface area (Å²) < 4.78 is 7.92. The second kappa shape index (κ2) is 7.25. The molecule has 0 saturated carbocycles. The Hall–Kier alpha value is -2.39. The number of anilines is 1. The zero-order valence-electron chi connectivity index (χ0n) is 13.3. The molecule has 0 radical (unpaired) electrons. The van der Waals surface area contributed by atoms with Gasteiger partial charge in [0.2, 0.25) is 0 Å². The molecule has 6 nitrogen and oxygen atoms in total. The second-order valence-corrected chi connectivity index (χ2v) is 5.72. The molecule has 0 spiro atoms. The summed E-state index contributed by atoms with van der Waals surface area (Å²) in [5.74, 6) is 0.982. The van der Waals surface area contributed by atoms with Crippen LogP contribution in [0.1, 0.15) is 37.0 Å². The average molecular weight is 311 g/mol. The van der Waals surface area contributed by atoms with Gasteiger partial charge in [0.05, 0.1) is 17.9 Å². The summed E-state index contributed by atoms with van der Waals surface area (Å²) in [5, 5.41) is 16.8. The number of rotatable bonds is 5. The van der Waals surface area contributed by atoms with E-state index in [2.05, 4.69) is 34.6 Å². The van der Waals surface area contributed by atoms with Crippen molar-refractivity contribution in [2.24, 2.45) is 5.92 Å². The van der Waals surface area contributed by atoms with Gasteiger partial charge in [0.25, 0.3) is 0 Å². The zero-order valence-corrected chi connectivity index (χ0v) is 13.3. The Kier molecular flexibility index (Phi) is 4.89. The molecule has 23 heavy (non-hydrogen) atoms. The van der Waals surface area contributed by atoms with Gasteiger partial charge in [-0.1, -0.05) is 0 Å². The first-order valence-electron chi connectivity index (χ1n) is 8.04. The smallest absolute Gasteiger partial charge is 0.143 e. The molecule has 1 saturated heterocycles. The Labute approximate surface area is 136 Å². The minimum absolute atomic E-state index is 0.0470. The van der Waals surface area contributed by atoms with Crippen molar-refractivity contribution in [2.75, 3.05) is 18.5 Å². The topological polar surface area (TPSA) is 75.8 Å². The van der Waals surface area contributed by atoms with E-state index < -0.39 is 0 Å². The molecular formula is C17H21N5O. The van der Waals surface area contributed by atoms with E-state index in [0.717, 1.165) is 38.1 Å². The number of nitriles is 1. The summed E-state index contributed by atoms with van der Waals surface area (Å²) in [6, 6.07) is 5.71. The Morgan fingerprint density at radius 1 is 1.52 bits per heavy atom. The van der Waals surface area contributed by atoms with Crippen LogP contribution in [0.4, 0.5) is 5.82 Å². The average Bonchev–Trinajstić information content (AvgIpc) is 3.09. The van der Waals surface area contributed by atoms with Gasteiger partial charge in [0.15, 0.2) is 0 Å². The van der Waals surface area contributed by atoms with E-state index in [0.29, 0.717) is 17.3 Å². The van der Waals surface area contributed by atoms with Gasteiger partial charge in [0.1, 0.15) is 11.9 Å². The van der Waals surface area contributed by atoms with Crippen LogP contribution in [0.3, 0.4) is 0 Å². The predicted molar refractivity (Wildman–Crippen MR) is 86.8 cm³/mol. The number of hydrogen-bond acceptors (Lipinski definition) is 5. The lowest BCUT2D eigenvalue weighted by atomic mass is 9.91. The van der Waals surface area contributed by atoms with Crippen LogP contribution in [-0.4, -0.2) is 27.9 Å². The van der Waals surface area contributed by atoms with E-state index in [-0.39, 0.29) is 6.10 Å². The van der Waals surface area contributed by atoms with Gasteiger partial charge in [0, 0.05) is 43.6 Å². The highest BCUT2D eigenvalue weighted by molar-refractivity contribution is 5.51. The van der Waals surface area contributed by atoms with Gasteiger partial charge < -0.3 is 10.1 Å². The molecule has 1 N–H and O–H groups in total. The SMILES string of the molecule is CCn1cc([C@@H]2OCCC[C@H]2CNc2ncccc2C#N)cn1. The molecule has 120 valence electrons. The predicted octanol–water partition coefficient (Wildman–Crippen LogP) is 2.75. The molecular weight excluding hydrogens is 290 g/mol. The lowest BCUT2D eigenvalue weighted by molar-refractivity contribution is -0.0239. The normalized spacial score (nSPS) is 20.9. The number of pyridine rings is 1. The molecule has 1 aliphatic rings. The van der Waals surface area contributed by atoms with Crippen molar-refractivity contribution in [1.29, 1.82) is 5.26 Å². The summed E-state index contributed by atoms with van der Waals surface area (Å²) >= 11 is 0. The van der Waals surface area contributed by atoms with Crippen molar-refractivity contribution in [3.63, 3.8) is 0 Å². The molecule has 2 atom stereocenters. The maximum absolute atomic E-state index is 9.15. The Bertz CT molecular complexity index is 690. The van der Waals surface area contributed by atoms with E-state index in [4.69, 9.17) is 10.00 Å². The zero-order chi connectivity index (χ0) is 16.1. The minimum Gasteiger partial charge on any atom is -0.373 e. The number of hydrogen-bond donors (Lipinski definition) is 1. The van der Waals surface area contributed by atoms with Gasteiger partial charge in [-0.05, 0) is 31.9 Å². The summed E-state index contributed by atoms with van der Waals surface area (Å²) in [6.45, 7) is 4.44. The standard InChI is InChI=1S/C17H21N5O/c1-2-22-12-15(11-21-22)16-14(6-4-8-23-16)10-20-17-13(9-18)5-3-7-19-17/h3,5,7,11-12,14,16H,2,4,6,8,10H2,1H3,(H,19,20)/t14-,16+/m0/s1. The fourth-order valence-electron chi connectivity index (χ4n) is 2.98. The van der Waals surface area contributed by atoms with E-state index >= 15 is 0 Å². The third kappa shape index (κ3) is 3.51. The maximum atomic E-state index is 9.15. The number of aryl methyl sites for hydroxylation is 1. The highest BCUT2D eigenvalue weighted by Gasteiger charge is 2.28. The van der Waals surface area contributed by atoms with Gasteiger partial charge in [-0.3, -0.25) is 4.68 Å². The largest absolute Gasteiger partial charge is 0.373 e. The number of aromatic nitrogens is 3. The lowest BCUT2D eigenvalue weighted by Crippen LogP contribution is -2.28. The highest BCUT2D eigenvalue weighted by atomic mass is 16.5. The van der Waals surface area contributed by atoms with E-state index in [1.54, 1.807) is 18.3 Å². The summed E-state index contributed by atoms with van der Waals surface area (Å²) in [5.41, 5.74) is 1.69. The van der Waals surface area contributed by atoms with Crippen LogP contribution in [0.15, 0.2) is 30.7 Å². The van der Waals surface area contributed by atoms with Crippen LogP contribution in [0.25, 0.3) is 0 Å². The lowest BCUT2D eigenvalue weighted by Gasteiger charge is -2.31. The second-order valence-electron chi connectivity index (χ2n) is 5.72. The molecule has 0 aliphatic carbocycles. The van der Waals surface area contributed by atoms with Crippen molar-refractivity contribution in [2.45, 2.75) is 32.4 Å². The fraction of sp³-hybridized carbons (Fsp3) is 0.471.